The van der Waals surface area contributed by atoms with Crippen molar-refractivity contribution in [1.29, 1.82) is 0 Å². The molecule has 10 heteroatoms. The van der Waals surface area contributed by atoms with Gasteiger partial charge in [0.2, 0.25) is 0 Å². The van der Waals surface area contributed by atoms with Gasteiger partial charge in [0.15, 0.2) is 17.3 Å². The van der Waals surface area contributed by atoms with Crippen LogP contribution in [-0.4, -0.2) is 45.0 Å². The fourth-order valence-corrected chi connectivity index (χ4v) is 4.78. The number of phenols is 1. The van der Waals surface area contributed by atoms with Gasteiger partial charge in [-0.25, -0.2) is 14.4 Å². The molecular formula is C28H28ClFN6O2. The van der Waals surface area contributed by atoms with Crippen LogP contribution in [0.5, 0.6) is 5.75 Å². The minimum Gasteiger partial charge on any atom is -0.504 e. The SMILES string of the molecule is CC(C)C(=O)c1cnc2ccc(-c3cc(F)c(O)c(Cl)c3)nc2c1Nc1ccc(N2CCC[C@@H](N)C2)nc1. The van der Waals surface area contributed by atoms with Crippen LogP contribution in [0.15, 0.2) is 48.8 Å². The second-order valence-corrected chi connectivity index (χ2v) is 10.2. The van der Waals surface area contributed by atoms with E-state index in [1.54, 1.807) is 24.5 Å². The molecular weight excluding hydrogens is 507 g/mol. The number of nitrogens with two attached hydrogens (primary N) is 1. The number of piperidine rings is 1. The molecule has 0 spiro atoms. The Hall–Kier alpha value is -3.82. The fraction of sp³-hybridized carbons (Fsp3) is 0.286. The molecule has 1 atom stereocenters. The molecule has 38 heavy (non-hydrogen) atoms. The van der Waals surface area contributed by atoms with Crippen molar-refractivity contribution in [3.8, 4) is 17.0 Å². The molecule has 4 heterocycles. The molecule has 5 rings (SSSR count). The van der Waals surface area contributed by atoms with Crippen molar-refractivity contribution in [3.63, 3.8) is 0 Å². The lowest BCUT2D eigenvalue weighted by Crippen LogP contribution is -2.43. The number of aromatic nitrogens is 3. The number of fused-ring (bicyclic) bond motifs is 1. The lowest BCUT2D eigenvalue weighted by atomic mass is 10.00. The number of benzene rings is 1. The highest BCUT2D eigenvalue weighted by molar-refractivity contribution is 6.32. The number of hydrogen-bond acceptors (Lipinski definition) is 8. The van der Waals surface area contributed by atoms with Crippen LogP contribution in [0.25, 0.3) is 22.3 Å². The number of pyridine rings is 3. The van der Waals surface area contributed by atoms with Gasteiger partial charge in [-0.15, -0.1) is 0 Å². The van der Waals surface area contributed by atoms with E-state index < -0.39 is 11.6 Å². The van der Waals surface area contributed by atoms with Gasteiger partial charge in [0, 0.05) is 36.8 Å². The molecule has 0 bridgehead atoms. The fourth-order valence-electron chi connectivity index (χ4n) is 4.57. The number of halogens is 2. The van der Waals surface area contributed by atoms with E-state index in [-0.39, 0.29) is 22.8 Å². The van der Waals surface area contributed by atoms with Gasteiger partial charge in [-0.2, -0.15) is 0 Å². The van der Waals surface area contributed by atoms with Crippen LogP contribution in [0.3, 0.4) is 0 Å². The van der Waals surface area contributed by atoms with E-state index in [9.17, 15) is 14.3 Å². The Morgan fingerprint density at radius 3 is 2.71 bits per heavy atom. The molecule has 3 aromatic heterocycles. The van der Waals surface area contributed by atoms with Gasteiger partial charge in [-0.3, -0.25) is 9.78 Å². The molecule has 1 saturated heterocycles. The number of aromatic hydroxyl groups is 1. The van der Waals surface area contributed by atoms with Crippen LogP contribution in [0, 0.1) is 11.7 Å². The Morgan fingerprint density at radius 1 is 1.21 bits per heavy atom. The van der Waals surface area contributed by atoms with Crippen molar-refractivity contribution in [2.45, 2.75) is 32.7 Å². The molecule has 8 nitrogen and oxygen atoms in total. The third-order valence-corrected chi connectivity index (χ3v) is 6.90. The number of Topliss-reactive ketones (excluding diaryl/α,β-unsaturated/α-hetero) is 1. The Balaban J connectivity index is 1.57. The largest absolute Gasteiger partial charge is 0.504 e. The molecule has 0 unspecified atom stereocenters. The summed E-state index contributed by atoms with van der Waals surface area (Å²) in [6, 6.07) is 9.98. The molecule has 4 N–H and O–H groups in total. The van der Waals surface area contributed by atoms with E-state index in [2.05, 4.69) is 20.2 Å². The normalized spacial score (nSPS) is 15.7. The van der Waals surface area contributed by atoms with Gasteiger partial charge in [0.05, 0.1) is 39.4 Å². The Labute approximate surface area is 224 Å². The summed E-state index contributed by atoms with van der Waals surface area (Å²) in [5, 5.41) is 12.9. The summed E-state index contributed by atoms with van der Waals surface area (Å²) in [6.07, 6.45) is 5.29. The smallest absolute Gasteiger partial charge is 0.170 e. The van der Waals surface area contributed by atoms with Crippen LogP contribution in [0.2, 0.25) is 5.02 Å². The number of anilines is 3. The van der Waals surface area contributed by atoms with E-state index in [0.717, 1.165) is 37.8 Å². The summed E-state index contributed by atoms with van der Waals surface area (Å²) < 4.78 is 14.2. The maximum absolute atomic E-state index is 14.2. The van der Waals surface area contributed by atoms with E-state index >= 15 is 0 Å². The van der Waals surface area contributed by atoms with Gasteiger partial charge < -0.3 is 21.1 Å². The molecule has 0 saturated carbocycles. The first kappa shape index (κ1) is 25.8. The average molecular weight is 535 g/mol. The van der Waals surface area contributed by atoms with E-state index in [1.165, 1.54) is 6.07 Å². The first-order chi connectivity index (χ1) is 18.2. The highest BCUT2D eigenvalue weighted by Crippen LogP contribution is 2.35. The van der Waals surface area contributed by atoms with Crippen LogP contribution in [0.1, 0.15) is 37.0 Å². The van der Waals surface area contributed by atoms with Crippen molar-refractivity contribution < 1.29 is 14.3 Å². The van der Waals surface area contributed by atoms with Crippen molar-refractivity contribution in [3.05, 3.63) is 65.2 Å². The highest BCUT2D eigenvalue weighted by Gasteiger charge is 2.21. The molecule has 1 aromatic carbocycles. The van der Waals surface area contributed by atoms with Crippen molar-refractivity contribution >= 4 is 45.6 Å². The number of carbonyl (C=O) groups is 1. The zero-order valence-electron chi connectivity index (χ0n) is 21.1. The predicted molar refractivity (Wildman–Crippen MR) is 148 cm³/mol. The number of rotatable bonds is 6. The number of nitrogens with one attached hydrogen (secondary N) is 1. The zero-order valence-corrected chi connectivity index (χ0v) is 21.8. The number of ketones is 1. The maximum Gasteiger partial charge on any atom is 0.170 e. The third kappa shape index (κ3) is 5.12. The van der Waals surface area contributed by atoms with Gasteiger partial charge in [-0.1, -0.05) is 25.4 Å². The minimum absolute atomic E-state index is 0.0975. The van der Waals surface area contributed by atoms with Crippen LogP contribution in [-0.2, 0) is 0 Å². The molecule has 196 valence electrons. The third-order valence-electron chi connectivity index (χ3n) is 6.61. The Bertz CT molecular complexity index is 1490. The van der Waals surface area contributed by atoms with Crippen molar-refractivity contribution in [2.75, 3.05) is 23.3 Å². The molecule has 0 amide bonds. The molecule has 1 aliphatic rings. The van der Waals surface area contributed by atoms with Gasteiger partial charge in [-0.05, 0) is 49.2 Å². The standard InChI is InChI=1S/C28H28ClFN6O2/c1-15(2)27(37)19-13-32-23-7-6-22(16-10-20(29)28(38)21(30)11-16)35-26(23)25(19)34-18-5-8-24(33-12-18)36-9-3-4-17(31)14-36/h5-8,10-13,15,17,38H,3-4,9,14,31H2,1-2H3,(H,32,34)/t17-/m1/s1. The average Bonchev–Trinajstić information content (AvgIpc) is 2.91. The minimum atomic E-state index is -0.851. The van der Waals surface area contributed by atoms with Gasteiger partial charge in [0.1, 0.15) is 11.3 Å². The summed E-state index contributed by atoms with van der Waals surface area (Å²) in [5.41, 5.74) is 9.44. The first-order valence-corrected chi connectivity index (χ1v) is 12.8. The zero-order chi connectivity index (χ0) is 27.0. The Morgan fingerprint density at radius 2 is 2.03 bits per heavy atom. The second-order valence-electron chi connectivity index (χ2n) is 9.80. The summed E-state index contributed by atoms with van der Waals surface area (Å²) in [4.78, 5) is 29.1. The van der Waals surface area contributed by atoms with Crippen molar-refractivity contribution in [1.82, 2.24) is 15.0 Å². The molecule has 0 radical (unpaired) electrons. The van der Waals surface area contributed by atoms with E-state index in [1.807, 2.05) is 26.0 Å². The quantitative estimate of drug-likeness (QED) is 0.270. The number of hydrogen-bond donors (Lipinski definition) is 3. The molecule has 1 fully saturated rings. The summed E-state index contributed by atoms with van der Waals surface area (Å²) in [7, 11) is 0. The van der Waals surface area contributed by atoms with E-state index in [0.29, 0.717) is 39.2 Å². The summed E-state index contributed by atoms with van der Waals surface area (Å²) in [5.74, 6) is -0.995. The number of carbonyl (C=O) groups excluding carboxylic acids is 1. The lowest BCUT2D eigenvalue weighted by molar-refractivity contribution is 0.0940. The van der Waals surface area contributed by atoms with Crippen LogP contribution < -0.4 is 16.0 Å². The van der Waals surface area contributed by atoms with E-state index in [4.69, 9.17) is 22.3 Å². The van der Waals surface area contributed by atoms with Crippen LogP contribution in [0.4, 0.5) is 21.6 Å². The lowest BCUT2D eigenvalue weighted by Gasteiger charge is -2.31. The molecule has 1 aliphatic heterocycles. The van der Waals surface area contributed by atoms with Gasteiger partial charge in [0.25, 0.3) is 0 Å². The topological polar surface area (TPSA) is 117 Å². The van der Waals surface area contributed by atoms with Gasteiger partial charge >= 0.3 is 0 Å². The monoisotopic (exact) mass is 534 g/mol. The number of nitrogens with zero attached hydrogens (tertiary/aromatic N) is 4. The second kappa shape index (κ2) is 10.5. The Kier molecular flexibility index (Phi) is 7.14. The number of phenolic OH excluding ortho intramolecular Hbond substituents is 1. The maximum atomic E-state index is 14.2. The predicted octanol–water partition coefficient (Wildman–Crippen LogP) is 5.70. The molecule has 0 aliphatic carbocycles. The highest BCUT2D eigenvalue weighted by atomic mass is 35.5. The summed E-state index contributed by atoms with van der Waals surface area (Å²) >= 11 is 6.00. The first-order valence-electron chi connectivity index (χ1n) is 12.5. The summed E-state index contributed by atoms with van der Waals surface area (Å²) in [6.45, 7) is 5.31. The van der Waals surface area contributed by atoms with Crippen molar-refractivity contribution in [2.24, 2.45) is 11.7 Å². The van der Waals surface area contributed by atoms with Crippen LogP contribution >= 0.6 is 11.6 Å². The molecule has 4 aromatic rings.